The Morgan fingerprint density at radius 1 is 0.757 bits per heavy atom. The molecule has 1 aliphatic rings. The Labute approximate surface area is 219 Å². The first-order valence-corrected chi connectivity index (χ1v) is 12.9. The summed E-state index contributed by atoms with van der Waals surface area (Å²) in [4.78, 5) is 4.78. The zero-order valence-electron chi connectivity index (χ0n) is 21.6. The van der Waals surface area contributed by atoms with Crippen molar-refractivity contribution < 1.29 is 14.2 Å². The second-order valence-electron chi connectivity index (χ2n) is 9.35. The van der Waals surface area contributed by atoms with Crippen molar-refractivity contribution in [3.05, 3.63) is 132 Å². The van der Waals surface area contributed by atoms with Crippen molar-refractivity contribution in [3.63, 3.8) is 0 Å². The summed E-state index contributed by atoms with van der Waals surface area (Å²) in [6, 6.07) is 39.1. The van der Waals surface area contributed by atoms with Crippen LogP contribution in [0.4, 0.5) is 5.69 Å². The molecule has 4 aromatic rings. The first kappa shape index (κ1) is 24.8. The molecule has 0 saturated carbocycles. The Kier molecular flexibility index (Phi) is 7.38. The average molecular weight is 492 g/mol. The van der Waals surface area contributed by atoms with Gasteiger partial charge in [-0.1, -0.05) is 97.9 Å². The van der Waals surface area contributed by atoms with Crippen molar-refractivity contribution in [1.82, 2.24) is 0 Å². The van der Waals surface area contributed by atoms with E-state index in [1.165, 1.54) is 0 Å². The lowest BCUT2D eigenvalue weighted by atomic mass is 9.79. The van der Waals surface area contributed by atoms with E-state index in [1.54, 1.807) is 7.11 Å². The summed E-state index contributed by atoms with van der Waals surface area (Å²) in [5.74, 6) is 1.75. The molecule has 0 aromatic heterocycles. The minimum atomic E-state index is -0.784. The standard InChI is InChI=1S/C33H33NO3/c1-4-30-31(36-32(30)34-28-20-22-29(35-3)23-21-28)24(2)37-33(25-14-8-5-9-15-25,26-16-10-6-11-17-26)27-18-12-7-13-19-27/h5-24,30-31H,4H2,1-3H3/t24-,30+,31+/m0/s1. The number of ether oxygens (including phenoxy) is 3. The Balaban J connectivity index is 1.49. The van der Waals surface area contributed by atoms with Gasteiger partial charge < -0.3 is 14.2 Å². The maximum Gasteiger partial charge on any atom is 0.195 e. The summed E-state index contributed by atoms with van der Waals surface area (Å²) in [6.45, 7) is 4.29. The van der Waals surface area contributed by atoms with E-state index in [4.69, 9.17) is 19.2 Å². The fourth-order valence-corrected chi connectivity index (χ4v) is 5.17. The lowest BCUT2D eigenvalue weighted by Gasteiger charge is -2.45. The molecule has 37 heavy (non-hydrogen) atoms. The third kappa shape index (κ3) is 4.90. The Hall–Kier alpha value is -3.89. The van der Waals surface area contributed by atoms with E-state index in [0.717, 1.165) is 40.4 Å². The summed E-state index contributed by atoms with van der Waals surface area (Å²) in [7, 11) is 1.66. The van der Waals surface area contributed by atoms with Gasteiger partial charge in [-0.15, -0.1) is 0 Å². The van der Waals surface area contributed by atoms with Crippen molar-refractivity contribution in [2.75, 3.05) is 7.11 Å². The molecule has 3 atom stereocenters. The molecule has 1 fully saturated rings. The normalized spacial score (nSPS) is 19.1. The quantitative estimate of drug-likeness (QED) is 0.227. The molecule has 0 bridgehead atoms. The smallest absolute Gasteiger partial charge is 0.195 e. The predicted octanol–water partition coefficient (Wildman–Crippen LogP) is 7.55. The first-order valence-electron chi connectivity index (χ1n) is 12.9. The Bertz CT molecular complexity index is 1210. The number of methoxy groups -OCH3 is 1. The van der Waals surface area contributed by atoms with E-state index in [1.807, 2.05) is 42.5 Å². The SMILES string of the molecule is CC[C@H]1C(=Nc2ccc(OC)cc2)O[C@@H]1[C@H](C)OC(c1ccccc1)(c1ccccc1)c1ccccc1. The van der Waals surface area contributed by atoms with Crippen LogP contribution in [-0.4, -0.2) is 25.2 Å². The number of rotatable bonds is 9. The molecule has 4 heteroatoms. The van der Waals surface area contributed by atoms with E-state index < -0.39 is 5.60 Å². The second-order valence-corrected chi connectivity index (χ2v) is 9.35. The van der Waals surface area contributed by atoms with Crippen LogP contribution in [-0.2, 0) is 15.1 Å². The van der Waals surface area contributed by atoms with E-state index in [-0.39, 0.29) is 18.1 Å². The molecule has 0 amide bonds. The van der Waals surface area contributed by atoms with Crippen LogP contribution in [0.15, 0.2) is 120 Å². The number of benzene rings is 4. The van der Waals surface area contributed by atoms with Gasteiger partial charge in [0.25, 0.3) is 0 Å². The van der Waals surface area contributed by atoms with E-state index in [0.29, 0.717) is 0 Å². The highest BCUT2D eigenvalue weighted by Gasteiger charge is 2.47. The molecule has 0 unspecified atom stereocenters. The van der Waals surface area contributed by atoms with Crippen LogP contribution in [0.3, 0.4) is 0 Å². The highest BCUT2D eigenvalue weighted by molar-refractivity contribution is 5.86. The molecule has 1 heterocycles. The van der Waals surface area contributed by atoms with Crippen molar-refractivity contribution in [1.29, 1.82) is 0 Å². The molecule has 0 radical (unpaired) electrons. The third-order valence-electron chi connectivity index (χ3n) is 7.09. The fourth-order valence-electron chi connectivity index (χ4n) is 5.17. The van der Waals surface area contributed by atoms with Crippen LogP contribution >= 0.6 is 0 Å². The van der Waals surface area contributed by atoms with Crippen molar-refractivity contribution in [2.24, 2.45) is 10.9 Å². The maximum absolute atomic E-state index is 7.16. The highest BCUT2D eigenvalue weighted by atomic mass is 16.6. The lowest BCUT2D eigenvalue weighted by Crippen LogP contribution is -2.53. The van der Waals surface area contributed by atoms with Crippen LogP contribution < -0.4 is 4.74 Å². The molecule has 0 aliphatic carbocycles. The van der Waals surface area contributed by atoms with Gasteiger partial charge in [0.15, 0.2) is 5.90 Å². The first-order chi connectivity index (χ1) is 18.2. The second kappa shape index (κ2) is 11.0. The van der Waals surface area contributed by atoms with Gasteiger partial charge >= 0.3 is 0 Å². The predicted molar refractivity (Wildman–Crippen MR) is 148 cm³/mol. The topological polar surface area (TPSA) is 40.0 Å². The summed E-state index contributed by atoms with van der Waals surface area (Å²) < 4.78 is 18.7. The molecule has 4 aromatic carbocycles. The third-order valence-corrected chi connectivity index (χ3v) is 7.09. The number of nitrogens with zero attached hydrogens (tertiary/aromatic N) is 1. The lowest BCUT2D eigenvalue weighted by molar-refractivity contribution is -0.123. The van der Waals surface area contributed by atoms with Gasteiger partial charge in [-0.25, -0.2) is 4.99 Å². The molecule has 5 rings (SSSR count). The van der Waals surface area contributed by atoms with Gasteiger partial charge in [0.05, 0.1) is 24.8 Å². The van der Waals surface area contributed by atoms with Crippen LogP contribution in [0.2, 0.25) is 0 Å². The fraction of sp³-hybridized carbons (Fsp3) is 0.242. The minimum Gasteiger partial charge on any atom is -0.497 e. The van der Waals surface area contributed by atoms with Crippen LogP contribution in [0.5, 0.6) is 5.75 Å². The molecular formula is C33H33NO3. The zero-order valence-corrected chi connectivity index (χ0v) is 21.6. The Morgan fingerprint density at radius 3 is 1.68 bits per heavy atom. The Morgan fingerprint density at radius 2 is 1.24 bits per heavy atom. The zero-order chi connectivity index (χ0) is 25.7. The average Bonchev–Trinajstić information content (AvgIpc) is 2.95. The van der Waals surface area contributed by atoms with Gasteiger partial charge in [0.2, 0.25) is 0 Å². The van der Waals surface area contributed by atoms with Gasteiger partial charge in [0, 0.05) is 0 Å². The molecule has 1 aliphatic heterocycles. The molecule has 0 spiro atoms. The largest absolute Gasteiger partial charge is 0.497 e. The molecule has 1 saturated heterocycles. The molecule has 4 nitrogen and oxygen atoms in total. The van der Waals surface area contributed by atoms with Crippen molar-refractivity contribution >= 4 is 11.6 Å². The van der Waals surface area contributed by atoms with Crippen LogP contribution in [0.1, 0.15) is 37.0 Å². The maximum atomic E-state index is 7.16. The highest BCUT2D eigenvalue weighted by Crippen LogP contribution is 2.44. The van der Waals surface area contributed by atoms with Crippen molar-refractivity contribution in [3.8, 4) is 5.75 Å². The summed E-state index contributed by atoms with van der Waals surface area (Å²) in [5, 5.41) is 0. The summed E-state index contributed by atoms with van der Waals surface area (Å²) in [5.41, 5.74) is 3.32. The number of hydrogen-bond donors (Lipinski definition) is 0. The minimum absolute atomic E-state index is 0.0995. The van der Waals surface area contributed by atoms with Crippen LogP contribution in [0, 0.1) is 5.92 Å². The summed E-state index contributed by atoms with van der Waals surface area (Å²) >= 11 is 0. The van der Waals surface area contributed by atoms with Gasteiger partial charge in [-0.3, -0.25) is 0 Å². The van der Waals surface area contributed by atoms with Crippen molar-refractivity contribution in [2.45, 2.75) is 38.1 Å². The monoisotopic (exact) mass is 491 g/mol. The number of hydrogen-bond acceptors (Lipinski definition) is 4. The van der Waals surface area contributed by atoms with Gasteiger partial charge in [-0.05, 0) is 54.3 Å². The van der Waals surface area contributed by atoms with Gasteiger partial charge in [-0.2, -0.15) is 0 Å². The summed E-state index contributed by atoms with van der Waals surface area (Å²) in [6.07, 6.45) is 0.625. The molecule has 0 N–H and O–H groups in total. The van der Waals surface area contributed by atoms with Gasteiger partial charge in [0.1, 0.15) is 17.5 Å². The molecular weight excluding hydrogens is 458 g/mol. The van der Waals surface area contributed by atoms with E-state index in [9.17, 15) is 0 Å². The van der Waals surface area contributed by atoms with Crippen LogP contribution in [0.25, 0.3) is 0 Å². The van der Waals surface area contributed by atoms with E-state index >= 15 is 0 Å². The number of aliphatic imine (C=N–C) groups is 1. The van der Waals surface area contributed by atoms with E-state index in [2.05, 4.69) is 86.6 Å². The molecule has 188 valence electrons.